The number of benzene rings is 1. The summed E-state index contributed by atoms with van der Waals surface area (Å²) < 4.78 is 0. The number of carbonyl (C=O) groups excluding carboxylic acids is 2. The minimum absolute atomic E-state index is 0.124. The predicted octanol–water partition coefficient (Wildman–Crippen LogP) is 0.417. The maximum Gasteiger partial charge on any atom is 0.224 e. The van der Waals surface area contributed by atoms with E-state index in [1.807, 2.05) is 6.07 Å². The Bertz CT molecular complexity index is 446. The third kappa shape index (κ3) is 4.80. The quantitative estimate of drug-likeness (QED) is 0.794. The number of rotatable bonds is 5. The second kappa shape index (κ2) is 6.28. The first-order chi connectivity index (χ1) is 8.11. The van der Waals surface area contributed by atoms with E-state index in [0.29, 0.717) is 11.3 Å². The Morgan fingerprint density at radius 1 is 1.24 bits per heavy atom. The lowest BCUT2D eigenvalue weighted by molar-refractivity contribution is -0.305. The molecule has 0 aromatic heterocycles. The van der Waals surface area contributed by atoms with Crippen molar-refractivity contribution in [3.8, 4) is 6.07 Å². The maximum atomic E-state index is 11.4. The molecule has 0 saturated carbocycles. The molecule has 0 unspecified atom stereocenters. The van der Waals surface area contributed by atoms with Gasteiger partial charge < -0.3 is 15.2 Å². The van der Waals surface area contributed by atoms with Crippen molar-refractivity contribution in [3.63, 3.8) is 0 Å². The van der Waals surface area contributed by atoms with Crippen molar-refractivity contribution in [3.05, 3.63) is 29.8 Å². The monoisotopic (exact) mass is 231 g/mol. The number of amides is 1. The first kappa shape index (κ1) is 12.7. The van der Waals surface area contributed by atoms with Gasteiger partial charge in [0.1, 0.15) is 0 Å². The number of hydrogen-bond donors (Lipinski definition) is 1. The Kier molecular flexibility index (Phi) is 4.70. The summed E-state index contributed by atoms with van der Waals surface area (Å²) in [5.74, 6) is -1.41. The Morgan fingerprint density at radius 2 is 1.88 bits per heavy atom. The van der Waals surface area contributed by atoms with Gasteiger partial charge in [-0.05, 0) is 37.1 Å². The van der Waals surface area contributed by atoms with Crippen molar-refractivity contribution >= 4 is 17.6 Å². The van der Waals surface area contributed by atoms with E-state index in [4.69, 9.17) is 5.26 Å². The molecule has 1 N–H and O–H groups in total. The van der Waals surface area contributed by atoms with E-state index in [9.17, 15) is 14.7 Å². The zero-order valence-electron chi connectivity index (χ0n) is 9.10. The SMILES string of the molecule is N#Cc1ccc(NC(=O)CCCC(=O)[O-])cc1. The van der Waals surface area contributed by atoms with Crippen LogP contribution in [0.3, 0.4) is 0 Å². The zero-order chi connectivity index (χ0) is 12.7. The van der Waals surface area contributed by atoms with Crippen LogP contribution in [0, 0.1) is 11.3 Å². The van der Waals surface area contributed by atoms with Gasteiger partial charge in [0.25, 0.3) is 0 Å². The van der Waals surface area contributed by atoms with Crippen LogP contribution < -0.4 is 10.4 Å². The Labute approximate surface area is 98.7 Å². The standard InChI is InChI=1S/C12H12N2O3/c13-8-9-4-6-10(7-5-9)14-11(15)2-1-3-12(16)17/h4-7H,1-3H2,(H,14,15)(H,16,17)/p-1. The lowest BCUT2D eigenvalue weighted by Crippen LogP contribution is -2.22. The van der Waals surface area contributed by atoms with Gasteiger partial charge in [0.05, 0.1) is 11.6 Å². The molecule has 5 nitrogen and oxygen atoms in total. The molecular formula is C12H11N2O3-. The van der Waals surface area contributed by atoms with E-state index in [1.165, 1.54) is 0 Å². The molecule has 0 heterocycles. The van der Waals surface area contributed by atoms with Crippen molar-refractivity contribution in [2.75, 3.05) is 5.32 Å². The molecule has 0 spiro atoms. The fourth-order valence-corrected chi connectivity index (χ4v) is 1.24. The van der Waals surface area contributed by atoms with Gasteiger partial charge in [-0.3, -0.25) is 4.79 Å². The molecule has 0 aliphatic carbocycles. The van der Waals surface area contributed by atoms with Gasteiger partial charge in [0, 0.05) is 18.1 Å². The number of carbonyl (C=O) groups is 2. The van der Waals surface area contributed by atoms with Gasteiger partial charge in [-0.15, -0.1) is 0 Å². The average molecular weight is 231 g/mol. The number of carboxylic acids is 1. The molecule has 0 aliphatic heterocycles. The van der Waals surface area contributed by atoms with E-state index < -0.39 is 5.97 Å². The molecule has 0 saturated heterocycles. The number of carboxylic acid groups (broad SMARTS) is 1. The summed E-state index contributed by atoms with van der Waals surface area (Å²) in [4.78, 5) is 21.5. The van der Waals surface area contributed by atoms with Crippen molar-refractivity contribution < 1.29 is 14.7 Å². The fraction of sp³-hybridized carbons (Fsp3) is 0.250. The van der Waals surface area contributed by atoms with Crippen LogP contribution in [0.15, 0.2) is 24.3 Å². The van der Waals surface area contributed by atoms with Gasteiger partial charge in [0.15, 0.2) is 0 Å². The molecule has 1 amide bonds. The number of aliphatic carboxylic acids is 1. The highest BCUT2D eigenvalue weighted by Gasteiger charge is 2.02. The third-order valence-electron chi connectivity index (χ3n) is 2.08. The topological polar surface area (TPSA) is 93.0 Å². The first-order valence-electron chi connectivity index (χ1n) is 5.11. The van der Waals surface area contributed by atoms with Gasteiger partial charge in [-0.2, -0.15) is 5.26 Å². The van der Waals surface area contributed by atoms with Crippen LogP contribution in [0.1, 0.15) is 24.8 Å². The van der Waals surface area contributed by atoms with E-state index in [2.05, 4.69) is 5.32 Å². The van der Waals surface area contributed by atoms with E-state index >= 15 is 0 Å². The minimum Gasteiger partial charge on any atom is -0.550 e. The normalized spacial score (nSPS) is 9.35. The highest BCUT2D eigenvalue weighted by molar-refractivity contribution is 5.90. The first-order valence-corrected chi connectivity index (χ1v) is 5.11. The summed E-state index contributed by atoms with van der Waals surface area (Å²) in [6.07, 6.45) is 0.263. The molecule has 17 heavy (non-hydrogen) atoms. The molecule has 1 aromatic carbocycles. The van der Waals surface area contributed by atoms with Gasteiger partial charge in [0.2, 0.25) is 5.91 Å². The summed E-state index contributed by atoms with van der Waals surface area (Å²) in [7, 11) is 0. The van der Waals surface area contributed by atoms with Crippen LogP contribution in [-0.4, -0.2) is 11.9 Å². The molecule has 0 radical (unpaired) electrons. The summed E-state index contributed by atoms with van der Waals surface area (Å²) in [6.45, 7) is 0. The third-order valence-corrected chi connectivity index (χ3v) is 2.08. The molecule has 0 fully saturated rings. The van der Waals surface area contributed by atoms with Crippen LogP contribution in [0.4, 0.5) is 5.69 Å². The molecule has 88 valence electrons. The summed E-state index contributed by atoms with van der Waals surface area (Å²) in [5.41, 5.74) is 1.10. The van der Waals surface area contributed by atoms with Crippen LogP contribution >= 0.6 is 0 Å². The second-order valence-electron chi connectivity index (χ2n) is 3.46. The van der Waals surface area contributed by atoms with Crippen molar-refractivity contribution in [2.45, 2.75) is 19.3 Å². The minimum atomic E-state index is -1.16. The van der Waals surface area contributed by atoms with Gasteiger partial charge in [-0.25, -0.2) is 0 Å². The van der Waals surface area contributed by atoms with Crippen molar-refractivity contribution in [1.29, 1.82) is 5.26 Å². The molecular weight excluding hydrogens is 220 g/mol. The van der Waals surface area contributed by atoms with E-state index in [1.54, 1.807) is 24.3 Å². The Balaban J connectivity index is 2.40. The molecule has 1 aromatic rings. The molecule has 0 aliphatic rings. The number of nitrogens with one attached hydrogen (secondary N) is 1. The maximum absolute atomic E-state index is 11.4. The largest absolute Gasteiger partial charge is 0.550 e. The molecule has 0 bridgehead atoms. The Hall–Kier alpha value is -2.35. The predicted molar refractivity (Wildman–Crippen MR) is 58.6 cm³/mol. The lowest BCUT2D eigenvalue weighted by atomic mass is 10.2. The lowest BCUT2D eigenvalue weighted by Gasteiger charge is -2.05. The van der Waals surface area contributed by atoms with E-state index in [0.717, 1.165) is 0 Å². The van der Waals surface area contributed by atoms with Crippen LogP contribution in [0.2, 0.25) is 0 Å². The van der Waals surface area contributed by atoms with Crippen LogP contribution in [0.5, 0.6) is 0 Å². The van der Waals surface area contributed by atoms with Gasteiger partial charge in [-0.1, -0.05) is 0 Å². The summed E-state index contributed by atoms with van der Waals surface area (Å²) in [5, 5.41) is 21.3. The number of nitriles is 1. The number of nitrogens with zero attached hydrogens (tertiary/aromatic N) is 1. The van der Waals surface area contributed by atoms with Crippen LogP contribution in [0.25, 0.3) is 0 Å². The second-order valence-corrected chi connectivity index (χ2v) is 3.46. The molecule has 5 heteroatoms. The zero-order valence-corrected chi connectivity index (χ0v) is 9.10. The van der Waals surface area contributed by atoms with Crippen molar-refractivity contribution in [2.24, 2.45) is 0 Å². The summed E-state index contributed by atoms with van der Waals surface area (Å²) >= 11 is 0. The highest BCUT2D eigenvalue weighted by Crippen LogP contribution is 2.09. The highest BCUT2D eigenvalue weighted by atomic mass is 16.4. The molecule has 1 rings (SSSR count). The van der Waals surface area contributed by atoms with Gasteiger partial charge >= 0.3 is 0 Å². The number of hydrogen-bond acceptors (Lipinski definition) is 4. The van der Waals surface area contributed by atoms with E-state index in [-0.39, 0.29) is 25.2 Å². The van der Waals surface area contributed by atoms with Crippen molar-refractivity contribution in [1.82, 2.24) is 0 Å². The van der Waals surface area contributed by atoms with Crippen LogP contribution in [-0.2, 0) is 9.59 Å². The summed E-state index contributed by atoms with van der Waals surface area (Å²) in [6, 6.07) is 8.40. The number of anilines is 1. The smallest absolute Gasteiger partial charge is 0.224 e. The fourth-order valence-electron chi connectivity index (χ4n) is 1.24. The Morgan fingerprint density at radius 3 is 2.41 bits per heavy atom. The average Bonchev–Trinajstić information content (AvgIpc) is 2.29. The molecule has 0 atom stereocenters.